The van der Waals surface area contributed by atoms with Crippen molar-refractivity contribution in [1.29, 1.82) is 0 Å². The molecular weight excluding hydrogens is 352 g/mol. The van der Waals surface area contributed by atoms with Gasteiger partial charge in [-0.25, -0.2) is 9.59 Å². The standard InChI is InChI=1S/C19H24N2O6/c1-4-25-17(22)14-21(20-12-15-10-8-7-9-11-15)13-16(18(23)26-5-2)19(24)27-6-3/h7-13H,4-6,14H2,1-3H3. The van der Waals surface area contributed by atoms with E-state index in [2.05, 4.69) is 5.10 Å². The van der Waals surface area contributed by atoms with Crippen LogP contribution in [0.4, 0.5) is 0 Å². The molecule has 0 heterocycles. The van der Waals surface area contributed by atoms with Crippen molar-refractivity contribution < 1.29 is 28.6 Å². The fraction of sp³-hybridized carbons (Fsp3) is 0.368. The molecule has 8 heteroatoms. The number of carbonyl (C=O) groups is 3. The number of benzene rings is 1. The van der Waals surface area contributed by atoms with E-state index in [0.717, 1.165) is 16.8 Å². The SMILES string of the molecule is CCOC(=O)CN(C=C(C(=O)OCC)C(=O)OCC)N=Cc1ccccc1. The molecule has 0 atom stereocenters. The molecule has 1 aromatic rings. The highest BCUT2D eigenvalue weighted by Crippen LogP contribution is 2.07. The molecule has 146 valence electrons. The van der Waals surface area contributed by atoms with Crippen molar-refractivity contribution in [3.63, 3.8) is 0 Å². The highest BCUT2D eigenvalue weighted by atomic mass is 16.6. The molecule has 0 saturated carbocycles. The zero-order valence-electron chi connectivity index (χ0n) is 15.7. The summed E-state index contributed by atoms with van der Waals surface area (Å²) in [4.78, 5) is 36.0. The van der Waals surface area contributed by atoms with Crippen LogP contribution in [0, 0.1) is 0 Å². The minimum Gasteiger partial charge on any atom is -0.465 e. The van der Waals surface area contributed by atoms with Crippen LogP contribution in [-0.2, 0) is 28.6 Å². The van der Waals surface area contributed by atoms with Gasteiger partial charge in [-0.05, 0) is 26.3 Å². The second-order valence-corrected chi connectivity index (χ2v) is 5.04. The second-order valence-electron chi connectivity index (χ2n) is 5.04. The summed E-state index contributed by atoms with van der Waals surface area (Å²) in [6, 6.07) is 9.14. The monoisotopic (exact) mass is 376 g/mol. The Hall–Kier alpha value is -3.16. The molecule has 0 aliphatic rings. The summed E-state index contributed by atoms with van der Waals surface area (Å²) < 4.78 is 14.7. The van der Waals surface area contributed by atoms with Gasteiger partial charge >= 0.3 is 17.9 Å². The summed E-state index contributed by atoms with van der Waals surface area (Å²) in [6.45, 7) is 4.98. The average molecular weight is 376 g/mol. The predicted octanol–water partition coefficient (Wildman–Crippen LogP) is 1.90. The van der Waals surface area contributed by atoms with Crippen molar-refractivity contribution in [2.75, 3.05) is 26.4 Å². The van der Waals surface area contributed by atoms with Gasteiger partial charge in [-0.15, -0.1) is 0 Å². The summed E-state index contributed by atoms with van der Waals surface area (Å²) in [6.07, 6.45) is 2.61. The molecule has 0 amide bonds. The molecule has 0 bridgehead atoms. The molecule has 0 aliphatic carbocycles. The van der Waals surface area contributed by atoms with Crippen molar-refractivity contribution >= 4 is 24.1 Å². The van der Waals surface area contributed by atoms with Crippen LogP contribution < -0.4 is 0 Å². The molecule has 0 aliphatic heterocycles. The summed E-state index contributed by atoms with van der Waals surface area (Å²) in [5.74, 6) is -2.29. The third-order valence-corrected chi connectivity index (χ3v) is 3.02. The van der Waals surface area contributed by atoms with E-state index in [1.807, 2.05) is 30.3 Å². The number of rotatable bonds is 10. The first-order valence-corrected chi connectivity index (χ1v) is 8.59. The van der Waals surface area contributed by atoms with Gasteiger partial charge in [0.2, 0.25) is 0 Å². The maximum atomic E-state index is 12.1. The lowest BCUT2D eigenvalue weighted by Crippen LogP contribution is -2.26. The van der Waals surface area contributed by atoms with Crippen LogP contribution in [0.5, 0.6) is 0 Å². The van der Waals surface area contributed by atoms with E-state index >= 15 is 0 Å². The van der Waals surface area contributed by atoms with Crippen molar-refractivity contribution in [3.05, 3.63) is 47.7 Å². The van der Waals surface area contributed by atoms with Crippen LogP contribution in [0.25, 0.3) is 0 Å². The number of hydrogen-bond acceptors (Lipinski definition) is 8. The van der Waals surface area contributed by atoms with Crippen molar-refractivity contribution in [2.45, 2.75) is 20.8 Å². The van der Waals surface area contributed by atoms with E-state index in [-0.39, 0.29) is 31.9 Å². The lowest BCUT2D eigenvalue weighted by Gasteiger charge is -2.15. The smallest absolute Gasteiger partial charge is 0.347 e. The number of hydrazone groups is 1. The van der Waals surface area contributed by atoms with Crippen molar-refractivity contribution in [2.24, 2.45) is 5.10 Å². The number of nitrogens with zero attached hydrogens (tertiary/aromatic N) is 2. The quantitative estimate of drug-likeness (QED) is 0.117. The van der Waals surface area contributed by atoms with E-state index < -0.39 is 17.9 Å². The first kappa shape index (κ1) is 21.9. The molecule has 27 heavy (non-hydrogen) atoms. The average Bonchev–Trinajstić information content (AvgIpc) is 2.65. The molecule has 1 aromatic carbocycles. The van der Waals surface area contributed by atoms with E-state index in [1.165, 1.54) is 6.21 Å². The molecular formula is C19H24N2O6. The largest absolute Gasteiger partial charge is 0.465 e. The third kappa shape index (κ3) is 8.17. The van der Waals surface area contributed by atoms with Gasteiger partial charge in [-0.1, -0.05) is 30.3 Å². The Labute approximate surface area is 158 Å². The molecule has 0 N–H and O–H groups in total. The molecule has 0 saturated heterocycles. The Kier molecular flexibility index (Phi) is 9.92. The Balaban J connectivity index is 3.16. The van der Waals surface area contributed by atoms with Crippen LogP contribution in [0.15, 0.2) is 47.2 Å². The highest BCUT2D eigenvalue weighted by Gasteiger charge is 2.23. The summed E-state index contributed by atoms with van der Waals surface area (Å²) >= 11 is 0. The van der Waals surface area contributed by atoms with Gasteiger partial charge in [0.1, 0.15) is 6.54 Å². The highest BCUT2D eigenvalue weighted by molar-refractivity contribution is 6.14. The van der Waals surface area contributed by atoms with Gasteiger partial charge < -0.3 is 14.2 Å². The van der Waals surface area contributed by atoms with Gasteiger partial charge in [0.25, 0.3) is 0 Å². The molecule has 0 fully saturated rings. The number of ether oxygens (including phenoxy) is 3. The van der Waals surface area contributed by atoms with Gasteiger partial charge in [-0.3, -0.25) is 9.80 Å². The molecule has 8 nitrogen and oxygen atoms in total. The van der Waals surface area contributed by atoms with E-state index in [9.17, 15) is 14.4 Å². The maximum Gasteiger partial charge on any atom is 0.347 e. The molecule has 0 unspecified atom stereocenters. The van der Waals surface area contributed by atoms with Crippen molar-refractivity contribution in [3.8, 4) is 0 Å². The Bertz CT molecular complexity index is 665. The first-order chi connectivity index (χ1) is 13.0. The molecule has 1 rings (SSSR count). The number of hydrogen-bond donors (Lipinski definition) is 0. The van der Waals surface area contributed by atoms with Crippen LogP contribution in [0.1, 0.15) is 26.3 Å². The summed E-state index contributed by atoms with van der Waals surface area (Å²) in [5.41, 5.74) is 0.404. The van der Waals surface area contributed by atoms with Gasteiger partial charge in [-0.2, -0.15) is 5.10 Å². The fourth-order valence-electron chi connectivity index (χ4n) is 1.89. The van der Waals surface area contributed by atoms with Crippen LogP contribution in [-0.4, -0.2) is 55.5 Å². The normalized spacial score (nSPS) is 10.2. The molecule has 0 aromatic heterocycles. The summed E-state index contributed by atoms with van der Waals surface area (Å²) in [7, 11) is 0. The van der Waals surface area contributed by atoms with Crippen LogP contribution in [0.3, 0.4) is 0 Å². The number of esters is 3. The Morgan fingerprint density at radius 2 is 1.48 bits per heavy atom. The predicted molar refractivity (Wildman–Crippen MR) is 98.7 cm³/mol. The van der Waals surface area contributed by atoms with E-state index in [0.29, 0.717) is 0 Å². The van der Waals surface area contributed by atoms with Crippen LogP contribution in [0.2, 0.25) is 0 Å². The third-order valence-electron chi connectivity index (χ3n) is 3.02. The van der Waals surface area contributed by atoms with E-state index in [4.69, 9.17) is 14.2 Å². The van der Waals surface area contributed by atoms with Crippen molar-refractivity contribution in [1.82, 2.24) is 5.01 Å². The minimum atomic E-state index is -0.861. The molecule has 0 spiro atoms. The van der Waals surface area contributed by atoms with Gasteiger partial charge in [0, 0.05) is 6.20 Å². The Morgan fingerprint density at radius 3 is 2.00 bits per heavy atom. The second kappa shape index (κ2) is 12.2. The zero-order valence-corrected chi connectivity index (χ0v) is 15.7. The number of carbonyl (C=O) groups excluding carboxylic acids is 3. The van der Waals surface area contributed by atoms with Gasteiger partial charge in [0.15, 0.2) is 5.57 Å². The lowest BCUT2D eigenvalue weighted by atomic mass is 10.2. The molecule has 0 radical (unpaired) electrons. The Morgan fingerprint density at radius 1 is 0.926 bits per heavy atom. The minimum absolute atomic E-state index is 0.0841. The topological polar surface area (TPSA) is 94.5 Å². The maximum absolute atomic E-state index is 12.1. The van der Waals surface area contributed by atoms with Crippen LogP contribution >= 0.6 is 0 Å². The van der Waals surface area contributed by atoms with Gasteiger partial charge in [0.05, 0.1) is 26.0 Å². The lowest BCUT2D eigenvalue weighted by molar-refractivity contribution is -0.148. The van der Waals surface area contributed by atoms with E-state index in [1.54, 1.807) is 20.8 Å². The first-order valence-electron chi connectivity index (χ1n) is 8.59. The zero-order chi connectivity index (χ0) is 20.1. The fourth-order valence-corrected chi connectivity index (χ4v) is 1.89. The summed E-state index contributed by atoms with van der Waals surface area (Å²) in [5, 5.41) is 5.29.